The molecule has 0 unspecified atom stereocenters. The average molecular weight is 343 g/mol. The molecule has 2 atom stereocenters. The van der Waals surface area contributed by atoms with Crippen molar-refractivity contribution in [1.29, 1.82) is 0 Å². The third-order valence-corrected chi connectivity index (χ3v) is 5.07. The zero-order chi connectivity index (χ0) is 17.2. The SMILES string of the molecule is O=C(O)[C@H]1CC[C@@H](C2CCN(c3cncc(-n4cccn4)n3)CC2)O1. The predicted molar refractivity (Wildman–Crippen MR) is 89.6 cm³/mol. The number of piperidine rings is 1. The van der Waals surface area contributed by atoms with E-state index < -0.39 is 12.1 Å². The number of nitrogens with zero attached hydrogens (tertiary/aromatic N) is 5. The zero-order valence-corrected chi connectivity index (χ0v) is 13.9. The third kappa shape index (κ3) is 3.34. The number of anilines is 1. The summed E-state index contributed by atoms with van der Waals surface area (Å²) in [6.45, 7) is 1.75. The van der Waals surface area contributed by atoms with E-state index in [4.69, 9.17) is 9.84 Å². The summed E-state index contributed by atoms with van der Waals surface area (Å²) in [5, 5.41) is 13.3. The van der Waals surface area contributed by atoms with Crippen molar-refractivity contribution in [2.75, 3.05) is 18.0 Å². The van der Waals surface area contributed by atoms with Gasteiger partial charge in [-0.3, -0.25) is 4.98 Å². The van der Waals surface area contributed by atoms with E-state index in [0.717, 1.165) is 38.2 Å². The molecule has 2 saturated heterocycles. The standard InChI is InChI=1S/C17H21N5O3/c23-17(24)14-3-2-13(25-14)12-4-8-21(9-5-12)15-10-18-11-16(20-15)22-7-1-6-19-22/h1,6-7,10-14H,2-5,8-9H2,(H,23,24)/t13-,14+/m0/s1. The lowest BCUT2D eigenvalue weighted by Gasteiger charge is -2.35. The summed E-state index contributed by atoms with van der Waals surface area (Å²) in [6.07, 6.45) is 9.90. The fourth-order valence-corrected chi connectivity index (χ4v) is 3.70. The molecular formula is C17H21N5O3. The highest BCUT2D eigenvalue weighted by molar-refractivity contribution is 5.72. The smallest absolute Gasteiger partial charge is 0.332 e. The number of aliphatic carboxylic acids is 1. The summed E-state index contributed by atoms with van der Waals surface area (Å²) in [5.74, 6) is 1.13. The summed E-state index contributed by atoms with van der Waals surface area (Å²) in [7, 11) is 0. The van der Waals surface area contributed by atoms with Crippen LogP contribution >= 0.6 is 0 Å². The molecule has 1 N–H and O–H groups in total. The van der Waals surface area contributed by atoms with E-state index in [9.17, 15) is 4.79 Å². The molecule has 2 fully saturated rings. The minimum Gasteiger partial charge on any atom is -0.479 e. The van der Waals surface area contributed by atoms with Crippen molar-refractivity contribution in [2.45, 2.75) is 37.9 Å². The van der Waals surface area contributed by atoms with Crippen LogP contribution in [-0.4, -0.2) is 56.1 Å². The Balaban J connectivity index is 1.38. The molecule has 2 aliphatic rings. The monoisotopic (exact) mass is 343 g/mol. The zero-order valence-electron chi connectivity index (χ0n) is 13.9. The highest BCUT2D eigenvalue weighted by Crippen LogP contribution is 2.32. The van der Waals surface area contributed by atoms with Crippen molar-refractivity contribution in [3.63, 3.8) is 0 Å². The van der Waals surface area contributed by atoms with E-state index in [1.807, 2.05) is 12.3 Å². The molecule has 0 radical (unpaired) electrons. The molecule has 0 bridgehead atoms. The van der Waals surface area contributed by atoms with Gasteiger partial charge in [0, 0.05) is 25.5 Å². The lowest BCUT2D eigenvalue weighted by molar-refractivity contribution is -0.150. The maximum Gasteiger partial charge on any atom is 0.332 e. The van der Waals surface area contributed by atoms with Crippen molar-refractivity contribution in [3.05, 3.63) is 30.9 Å². The first kappa shape index (κ1) is 16.0. The Hall–Kier alpha value is -2.48. The molecule has 4 rings (SSSR count). The molecule has 4 heterocycles. The lowest BCUT2D eigenvalue weighted by Crippen LogP contribution is -2.38. The van der Waals surface area contributed by atoms with Crippen LogP contribution in [0.25, 0.3) is 5.82 Å². The van der Waals surface area contributed by atoms with Crippen LogP contribution in [0.3, 0.4) is 0 Å². The van der Waals surface area contributed by atoms with Gasteiger partial charge >= 0.3 is 5.97 Å². The second-order valence-corrected chi connectivity index (χ2v) is 6.59. The van der Waals surface area contributed by atoms with Crippen LogP contribution in [0.4, 0.5) is 5.82 Å². The van der Waals surface area contributed by atoms with Crippen LogP contribution in [0.1, 0.15) is 25.7 Å². The van der Waals surface area contributed by atoms with Gasteiger partial charge in [-0.05, 0) is 37.7 Å². The number of ether oxygens (including phenoxy) is 1. The summed E-state index contributed by atoms with van der Waals surface area (Å²) < 4.78 is 7.41. The fraction of sp³-hybridized carbons (Fsp3) is 0.529. The minimum absolute atomic E-state index is 0.0738. The van der Waals surface area contributed by atoms with E-state index in [2.05, 4.69) is 20.0 Å². The molecule has 8 heteroatoms. The van der Waals surface area contributed by atoms with Crippen molar-refractivity contribution in [3.8, 4) is 5.82 Å². The molecule has 2 aromatic rings. The fourth-order valence-electron chi connectivity index (χ4n) is 3.70. The van der Waals surface area contributed by atoms with Gasteiger partial charge in [-0.25, -0.2) is 14.5 Å². The highest BCUT2D eigenvalue weighted by atomic mass is 16.5. The first-order valence-electron chi connectivity index (χ1n) is 8.66. The number of carboxylic acids is 1. The van der Waals surface area contributed by atoms with E-state index in [1.54, 1.807) is 23.3 Å². The molecule has 0 aliphatic carbocycles. The van der Waals surface area contributed by atoms with E-state index in [-0.39, 0.29) is 6.10 Å². The minimum atomic E-state index is -0.842. The quantitative estimate of drug-likeness (QED) is 0.899. The van der Waals surface area contributed by atoms with Gasteiger partial charge in [-0.1, -0.05) is 0 Å². The van der Waals surface area contributed by atoms with E-state index >= 15 is 0 Å². The maximum absolute atomic E-state index is 11.0. The number of hydrogen-bond acceptors (Lipinski definition) is 6. The van der Waals surface area contributed by atoms with Gasteiger partial charge in [0.05, 0.1) is 18.5 Å². The Morgan fingerprint density at radius 1 is 1.16 bits per heavy atom. The normalized spacial score (nSPS) is 24.6. The van der Waals surface area contributed by atoms with Gasteiger partial charge in [0.25, 0.3) is 0 Å². The molecule has 2 aliphatic heterocycles. The van der Waals surface area contributed by atoms with Crippen molar-refractivity contribution in [2.24, 2.45) is 5.92 Å². The largest absolute Gasteiger partial charge is 0.479 e. The van der Waals surface area contributed by atoms with Crippen molar-refractivity contribution < 1.29 is 14.6 Å². The topological polar surface area (TPSA) is 93.4 Å². The maximum atomic E-state index is 11.0. The van der Waals surface area contributed by atoms with Crippen LogP contribution in [0.15, 0.2) is 30.9 Å². The summed E-state index contributed by atoms with van der Waals surface area (Å²) in [4.78, 5) is 22.2. The average Bonchev–Trinajstić information content (AvgIpc) is 3.34. The van der Waals surface area contributed by atoms with Crippen LogP contribution in [0.5, 0.6) is 0 Å². The Labute approximate surface area is 145 Å². The molecule has 0 saturated carbocycles. The number of aromatic nitrogens is 4. The van der Waals surface area contributed by atoms with Crippen LogP contribution in [0.2, 0.25) is 0 Å². The second-order valence-electron chi connectivity index (χ2n) is 6.59. The lowest BCUT2D eigenvalue weighted by atomic mass is 9.90. The molecule has 8 nitrogen and oxygen atoms in total. The Morgan fingerprint density at radius 3 is 2.64 bits per heavy atom. The van der Waals surface area contributed by atoms with E-state index in [1.165, 1.54) is 0 Å². The van der Waals surface area contributed by atoms with E-state index in [0.29, 0.717) is 18.2 Å². The number of hydrogen-bond donors (Lipinski definition) is 1. The molecule has 132 valence electrons. The molecule has 0 spiro atoms. The second kappa shape index (κ2) is 6.79. The van der Waals surface area contributed by atoms with Gasteiger partial charge < -0.3 is 14.7 Å². The molecule has 2 aromatic heterocycles. The number of carbonyl (C=O) groups is 1. The van der Waals surface area contributed by atoms with Crippen LogP contribution < -0.4 is 4.90 Å². The van der Waals surface area contributed by atoms with Crippen molar-refractivity contribution >= 4 is 11.8 Å². The van der Waals surface area contributed by atoms with Gasteiger partial charge in [0.15, 0.2) is 11.9 Å². The Morgan fingerprint density at radius 2 is 1.96 bits per heavy atom. The van der Waals surface area contributed by atoms with Crippen LogP contribution in [0, 0.1) is 5.92 Å². The number of carboxylic acid groups (broad SMARTS) is 1. The summed E-state index contributed by atoms with van der Waals surface area (Å²) >= 11 is 0. The third-order valence-electron chi connectivity index (χ3n) is 5.07. The summed E-state index contributed by atoms with van der Waals surface area (Å²) in [5.41, 5.74) is 0. The first-order chi connectivity index (χ1) is 12.2. The first-order valence-corrected chi connectivity index (χ1v) is 8.66. The molecule has 0 aromatic carbocycles. The Bertz CT molecular complexity index is 728. The molecular weight excluding hydrogens is 322 g/mol. The van der Waals surface area contributed by atoms with Gasteiger partial charge in [-0.15, -0.1) is 0 Å². The van der Waals surface area contributed by atoms with Gasteiger partial charge in [0.2, 0.25) is 0 Å². The number of rotatable bonds is 4. The highest BCUT2D eigenvalue weighted by Gasteiger charge is 2.36. The summed E-state index contributed by atoms with van der Waals surface area (Å²) in [6, 6.07) is 1.85. The molecule has 25 heavy (non-hydrogen) atoms. The van der Waals surface area contributed by atoms with Gasteiger partial charge in [-0.2, -0.15) is 5.10 Å². The van der Waals surface area contributed by atoms with Crippen molar-refractivity contribution in [1.82, 2.24) is 19.7 Å². The molecule has 0 amide bonds. The van der Waals surface area contributed by atoms with Gasteiger partial charge in [0.1, 0.15) is 5.82 Å². The predicted octanol–water partition coefficient (Wildman–Crippen LogP) is 1.51. The Kier molecular flexibility index (Phi) is 4.35. The van der Waals surface area contributed by atoms with Crippen LogP contribution in [-0.2, 0) is 9.53 Å².